The number of amides is 2. The number of fused-ring (bicyclic) bond motifs is 1. The minimum Gasteiger partial charge on any atom is -0.349 e. The number of benzene rings is 2. The molecule has 0 bridgehead atoms. The number of unbranched alkanes of at least 4 members (excludes halogenated alkanes) is 2. The molecule has 0 spiro atoms. The molecule has 0 radical (unpaired) electrons. The number of aryl methyl sites for hydroxylation is 1. The molecule has 2 aromatic rings. The van der Waals surface area contributed by atoms with Gasteiger partial charge in [0.25, 0.3) is 5.91 Å². The predicted octanol–water partition coefficient (Wildman–Crippen LogP) is 5.17. The second-order valence-corrected chi connectivity index (χ2v) is 7.77. The summed E-state index contributed by atoms with van der Waals surface area (Å²) in [6.45, 7) is 6.24. The lowest BCUT2D eigenvalue weighted by atomic mass is 9.89. The van der Waals surface area contributed by atoms with Crippen LogP contribution in [0.4, 0.5) is 5.69 Å². The molecule has 1 aliphatic heterocycles. The number of hydrogen-bond donors (Lipinski definition) is 1. The minimum absolute atomic E-state index is 0.00357. The van der Waals surface area contributed by atoms with Gasteiger partial charge in [0.1, 0.15) is 0 Å². The number of rotatable bonds is 6. The minimum atomic E-state index is -0.0566. The van der Waals surface area contributed by atoms with Crippen molar-refractivity contribution >= 4 is 17.5 Å². The van der Waals surface area contributed by atoms with Gasteiger partial charge in [-0.15, -0.1) is 0 Å². The summed E-state index contributed by atoms with van der Waals surface area (Å²) in [6, 6.07) is 15.5. The van der Waals surface area contributed by atoms with Crippen molar-refractivity contribution in [3.8, 4) is 0 Å². The Bertz CT molecular complexity index is 832. The number of anilines is 1. The van der Waals surface area contributed by atoms with Crippen molar-refractivity contribution in [1.29, 1.82) is 0 Å². The van der Waals surface area contributed by atoms with Crippen LogP contribution in [0.15, 0.2) is 48.5 Å². The smallest absolute Gasteiger partial charge is 0.258 e. The average Bonchev–Trinajstić information content (AvgIpc) is 2.69. The summed E-state index contributed by atoms with van der Waals surface area (Å²) in [6.07, 6.45) is 4.38. The Morgan fingerprint density at radius 1 is 1.11 bits per heavy atom. The summed E-state index contributed by atoms with van der Waals surface area (Å²) in [7, 11) is 0. The molecule has 4 nitrogen and oxygen atoms in total. The Morgan fingerprint density at radius 3 is 2.57 bits per heavy atom. The van der Waals surface area contributed by atoms with Gasteiger partial charge in [-0.25, -0.2) is 0 Å². The summed E-state index contributed by atoms with van der Waals surface area (Å²) in [4.78, 5) is 27.5. The Kier molecular flexibility index (Phi) is 6.50. The normalized spacial score (nSPS) is 18.5. The summed E-state index contributed by atoms with van der Waals surface area (Å²) < 4.78 is 0. The molecule has 2 aromatic carbocycles. The van der Waals surface area contributed by atoms with Gasteiger partial charge in [-0.2, -0.15) is 0 Å². The van der Waals surface area contributed by atoms with E-state index in [2.05, 4.69) is 25.2 Å². The fraction of sp³-hybridized carbons (Fsp3) is 0.417. The fourth-order valence-corrected chi connectivity index (χ4v) is 3.95. The molecular formula is C24H30N2O2. The predicted molar refractivity (Wildman–Crippen MR) is 114 cm³/mol. The maximum absolute atomic E-state index is 13.2. The number of hydrogen-bond acceptors (Lipinski definition) is 2. The van der Waals surface area contributed by atoms with E-state index in [4.69, 9.17) is 0 Å². The molecule has 2 amide bonds. The van der Waals surface area contributed by atoms with E-state index in [1.165, 1.54) is 0 Å². The molecule has 148 valence electrons. The van der Waals surface area contributed by atoms with Crippen molar-refractivity contribution in [1.82, 2.24) is 5.32 Å². The van der Waals surface area contributed by atoms with E-state index in [0.717, 1.165) is 36.1 Å². The highest BCUT2D eigenvalue weighted by atomic mass is 16.2. The van der Waals surface area contributed by atoms with Crippen LogP contribution in [0.5, 0.6) is 0 Å². The lowest BCUT2D eigenvalue weighted by molar-refractivity contribution is -0.122. The van der Waals surface area contributed by atoms with Gasteiger partial charge in [0.05, 0.1) is 6.04 Å². The third kappa shape index (κ3) is 4.44. The van der Waals surface area contributed by atoms with Crippen LogP contribution in [-0.2, 0) is 4.79 Å². The van der Waals surface area contributed by atoms with Crippen molar-refractivity contribution in [2.24, 2.45) is 0 Å². The van der Waals surface area contributed by atoms with Gasteiger partial charge in [0, 0.05) is 23.7 Å². The zero-order valence-electron chi connectivity index (χ0n) is 17.1. The second-order valence-electron chi connectivity index (χ2n) is 7.77. The van der Waals surface area contributed by atoms with E-state index in [-0.39, 0.29) is 23.9 Å². The van der Waals surface area contributed by atoms with Crippen molar-refractivity contribution in [3.63, 3.8) is 0 Å². The summed E-state index contributed by atoms with van der Waals surface area (Å²) in [5.74, 6) is 0.104. The van der Waals surface area contributed by atoms with Gasteiger partial charge >= 0.3 is 0 Å². The van der Waals surface area contributed by atoms with Gasteiger partial charge in [-0.1, -0.05) is 55.7 Å². The van der Waals surface area contributed by atoms with E-state index in [9.17, 15) is 9.59 Å². The van der Waals surface area contributed by atoms with Crippen LogP contribution in [-0.4, -0.2) is 17.9 Å². The van der Waals surface area contributed by atoms with Crippen LogP contribution in [0.25, 0.3) is 0 Å². The standard InChI is InChI=1S/C24H30N2O2/c1-4-5-7-12-23(27)25-21-16-18(3)26(22-14-13-17(2)15-20(21)22)24(28)19-10-8-6-9-11-19/h6,8-11,13-15,18,21H,4-5,7,12,16H2,1-3H3,(H,25,27)/t18-,21+/m0/s1. The molecule has 2 atom stereocenters. The molecule has 0 saturated carbocycles. The van der Waals surface area contributed by atoms with Crippen LogP contribution >= 0.6 is 0 Å². The maximum atomic E-state index is 13.2. The Morgan fingerprint density at radius 2 is 1.86 bits per heavy atom. The molecule has 1 aliphatic rings. The Labute approximate surface area is 167 Å². The van der Waals surface area contributed by atoms with E-state index in [0.29, 0.717) is 18.4 Å². The number of nitrogens with zero attached hydrogens (tertiary/aromatic N) is 1. The third-order valence-electron chi connectivity index (χ3n) is 5.42. The van der Waals surface area contributed by atoms with E-state index in [1.807, 2.05) is 54.3 Å². The first-order valence-corrected chi connectivity index (χ1v) is 10.3. The first-order valence-electron chi connectivity index (χ1n) is 10.3. The van der Waals surface area contributed by atoms with Crippen LogP contribution in [0.3, 0.4) is 0 Å². The van der Waals surface area contributed by atoms with Crippen LogP contribution < -0.4 is 10.2 Å². The number of carbonyl (C=O) groups excluding carboxylic acids is 2. The lowest BCUT2D eigenvalue weighted by Gasteiger charge is -2.40. The molecule has 0 fully saturated rings. The molecule has 0 aliphatic carbocycles. The molecular weight excluding hydrogens is 348 g/mol. The van der Waals surface area contributed by atoms with E-state index >= 15 is 0 Å². The van der Waals surface area contributed by atoms with Crippen LogP contribution in [0, 0.1) is 6.92 Å². The monoisotopic (exact) mass is 378 g/mol. The van der Waals surface area contributed by atoms with Gasteiger partial charge in [0.2, 0.25) is 5.91 Å². The first kappa shape index (κ1) is 20.1. The van der Waals surface area contributed by atoms with Crippen molar-refractivity contribution in [2.75, 3.05) is 4.90 Å². The highest BCUT2D eigenvalue weighted by Crippen LogP contribution is 2.38. The molecule has 3 rings (SSSR count). The zero-order chi connectivity index (χ0) is 20.1. The average molecular weight is 379 g/mol. The molecule has 0 aromatic heterocycles. The van der Waals surface area contributed by atoms with E-state index < -0.39 is 0 Å². The SMILES string of the molecule is CCCCCC(=O)N[C@@H]1C[C@H](C)N(C(=O)c2ccccc2)c2ccc(C)cc21. The molecule has 4 heteroatoms. The Hall–Kier alpha value is -2.62. The van der Waals surface area contributed by atoms with Crippen molar-refractivity contribution < 1.29 is 9.59 Å². The third-order valence-corrected chi connectivity index (χ3v) is 5.42. The lowest BCUT2D eigenvalue weighted by Crippen LogP contribution is -2.46. The second kappa shape index (κ2) is 9.05. The number of carbonyl (C=O) groups is 2. The Balaban J connectivity index is 1.87. The van der Waals surface area contributed by atoms with Gasteiger partial charge in [-0.05, 0) is 50.5 Å². The topological polar surface area (TPSA) is 49.4 Å². The molecule has 0 saturated heterocycles. The van der Waals surface area contributed by atoms with Crippen LogP contribution in [0.2, 0.25) is 0 Å². The molecule has 1 N–H and O–H groups in total. The first-order chi connectivity index (χ1) is 13.5. The zero-order valence-corrected chi connectivity index (χ0v) is 17.1. The highest BCUT2D eigenvalue weighted by Gasteiger charge is 2.34. The quantitative estimate of drug-likeness (QED) is 0.705. The van der Waals surface area contributed by atoms with Crippen LogP contribution in [0.1, 0.15) is 73.5 Å². The summed E-state index contributed by atoms with van der Waals surface area (Å²) >= 11 is 0. The van der Waals surface area contributed by atoms with Crippen molar-refractivity contribution in [3.05, 3.63) is 65.2 Å². The highest BCUT2D eigenvalue weighted by molar-refractivity contribution is 6.07. The van der Waals surface area contributed by atoms with E-state index in [1.54, 1.807) is 0 Å². The summed E-state index contributed by atoms with van der Waals surface area (Å²) in [5, 5.41) is 3.21. The van der Waals surface area contributed by atoms with Gasteiger partial charge < -0.3 is 10.2 Å². The van der Waals surface area contributed by atoms with Gasteiger partial charge in [-0.3, -0.25) is 9.59 Å². The molecule has 1 heterocycles. The maximum Gasteiger partial charge on any atom is 0.258 e. The number of nitrogens with one attached hydrogen (secondary N) is 1. The fourth-order valence-electron chi connectivity index (χ4n) is 3.95. The molecule has 28 heavy (non-hydrogen) atoms. The van der Waals surface area contributed by atoms with Gasteiger partial charge in [0.15, 0.2) is 0 Å². The largest absolute Gasteiger partial charge is 0.349 e. The summed E-state index contributed by atoms with van der Waals surface area (Å²) in [5.41, 5.74) is 3.75. The van der Waals surface area contributed by atoms with Crippen molar-refractivity contribution in [2.45, 2.75) is 65.0 Å². The molecule has 0 unspecified atom stereocenters.